The summed E-state index contributed by atoms with van der Waals surface area (Å²) in [6, 6.07) is 0. The van der Waals surface area contributed by atoms with Gasteiger partial charge in [-0.3, -0.25) is 48.1 Å². The summed E-state index contributed by atoms with van der Waals surface area (Å²) in [4.78, 5) is 41.1. The van der Waals surface area contributed by atoms with Crippen LogP contribution in [-0.2, 0) is 20.4 Å². The molecule has 6 rings (SSSR count). The minimum absolute atomic E-state index is 0.122. The average Bonchev–Trinajstić information content (AvgIpc) is 3.20. The Morgan fingerprint density at radius 3 is 1.24 bits per heavy atom. The Morgan fingerprint density at radius 2 is 0.881 bits per heavy atom. The van der Waals surface area contributed by atoms with Crippen LogP contribution in [0, 0.1) is 0 Å². The maximum absolute atomic E-state index is 11.3. The Balaban J connectivity index is 0.000000403. The monoisotopic (exact) mass is 986 g/mol. The maximum Gasteiger partial charge on any atom is 0.236 e. The van der Waals surface area contributed by atoms with Crippen molar-refractivity contribution < 1.29 is 13.8 Å². The molecule has 398 valence electrons. The number of thioether (sulfide) groups is 1. The van der Waals surface area contributed by atoms with E-state index in [4.69, 9.17) is 0 Å². The van der Waals surface area contributed by atoms with E-state index >= 15 is 0 Å². The molecule has 0 spiro atoms. The number of carbonyl (C=O) groups is 2. The van der Waals surface area contributed by atoms with Crippen molar-refractivity contribution in [2.45, 2.75) is 197 Å². The van der Waals surface area contributed by atoms with Gasteiger partial charge in [0.05, 0.1) is 13.1 Å². The molecule has 12 nitrogen and oxygen atoms in total. The molecule has 0 bridgehead atoms. The minimum Gasteiger partial charge on any atom is -0.354 e. The fourth-order valence-corrected chi connectivity index (χ4v) is 10.4. The number of hydrogen-bond acceptors (Lipinski definition) is 11. The molecule has 0 saturated carbocycles. The summed E-state index contributed by atoms with van der Waals surface area (Å²) in [5.41, 5.74) is 1.94. The van der Waals surface area contributed by atoms with Gasteiger partial charge in [0.15, 0.2) is 0 Å². The van der Waals surface area contributed by atoms with Crippen LogP contribution in [0.5, 0.6) is 0 Å². The van der Waals surface area contributed by atoms with Crippen LogP contribution in [0.3, 0.4) is 0 Å². The number of likely N-dealkylation sites (tertiary alicyclic amines) is 1. The van der Waals surface area contributed by atoms with Crippen molar-refractivity contribution in [2.24, 2.45) is 0 Å². The molecule has 0 aromatic rings. The summed E-state index contributed by atoms with van der Waals surface area (Å²) in [5, 5.41) is 2.80. The zero-order valence-corrected chi connectivity index (χ0v) is 49.8. The second kappa shape index (κ2) is 27.8. The number of likely N-dealkylation sites (N-methyl/N-ethyl adjacent to an activating group) is 2. The van der Waals surface area contributed by atoms with Crippen LogP contribution < -0.4 is 5.32 Å². The highest BCUT2D eigenvalue weighted by Crippen LogP contribution is 2.25. The van der Waals surface area contributed by atoms with Crippen molar-refractivity contribution in [1.82, 2.24) is 44.5 Å². The molecule has 0 aromatic carbocycles. The number of nitrogens with zero attached hydrogens (tertiary/aromatic N) is 8. The molecule has 6 aliphatic heterocycles. The normalized spacial score (nSPS) is 23.3. The van der Waals surface area contributed by atoms with Crippen LogP contribution in [0.4, 0.5) is 0 Å². The standard InChI is InChI=1S/C11H24N2.C9H18N2O.C9H19N.C8H16N2O.C8H17NOS.C8H17NS/c1-10(2,3)13-8-7-12(6)11(4,5)9-13;1-9(2,3)11-6-5-10(4)8(12)7-11;1-9(2,3)10-7-5-4-6-8-10;1-8(2,3)10-5-4-9-7(11)6-10;1-8(2,3)9-4-6-11(10)7-5-9;1-8(2,3)9-4-6-10-7-5-9/h7-9H2,1-6H3;5-7H2,1-4H3;4-8H2,1-3H3;4-6H2,1-3H3,(H,9,11);4-7H2,1-3H3;4-7H2,1-3H3. The van der Waals surface area contributed by atoms with Crippen molar-refractivity contribution >= 4 is 34.4 Å². The summed E-state index contributed by atoms with van der Waals surface area (Å²) >= 11 is 2.07. The summed E-state index contributed by atoms with van der Waals surface area (Å²) in [5.74, 6) is 4.73. The van der Waals surface area contributed by atoms with E-state index in [1.54, 1.807) is 4.90 Å². The van der Waals surface area contributed by atoms with Gasteiger partial charge in [-0.05, 0) is 171 Å². The van der Waals surface area contributed by atoms with Crippen LogP contribution in [0.25, 0.3) is 0 Å². The van der Waals surface area contributed by atoms with Gasteiger partial charge in [0.1, 0.15) is 0 Å². The van der Waals surface area contributed by atoms with Gasteiger partial charge in [-0.1, -0.05) is 6.42 Å². The first-order valence-electron chi connectivity index (χ1n) is 26.0. The molecule has 67 heavy (non-hydrogen) atoms. The fraction of sp³-hybridized carbons (Fsp3) is 0.962. The minimum atomic E-state index is -0.537. The largest absolute Gasteiger partial charge is 0.354 e. The summed E-state index contributed by atoms with van der Waals surface area (Å²) in [6.45, 7) is 60.2. The van der Waals surface area contributed by atoms with Crippen molar-refractivity contribution in [3.05, 3.63) is 0 Å². The van der Waals surface area contributed by atoms with Gasteiger partial charge in [0.2, 0.25) is 11.8 Å². The van der Waals surface area contributed by atoms with E-state index in [1.165, 1.54) is 76.6 Å². The van der Waals surface area contributed by atoms with Gasteiger partial charge in [0, 0.05) is 152 Å². The molecule has 6 heterocycles. The summed E-state index contributed by atoms with van der Waals surface area (Å²) in [6.07, 6.45) is 4.24. The van der Waals surface area contributed by atoms with Crippen molar-refractivity contribution in [2.75, 3.05) is 135 Å². The molecule has 0 unspecified atom stereocenters. The highest BCUT2D eigenvalue weighted by molar-refractivity contribution is 7.99. The van der Waals surface area contributed by atoms with Crippen LogP contribution in [0.1, 0.15) is 158 Å². The Labute approximate surface area is 422 Å². The number of piperazine rings is 3. The van der Waals surface area contributed by atoms with E-state index in [0.29, 0.717) is 35.2 Å². The second-order valence-corrected chi connectivity index (χ2v) is 29.1. The SMILES string of the molecule is CC(C)(C)N1CCCCC1.CC(C)(C)N1CCNC(=O)C1.CC(C)(C)N1CCS(=O)CC1.CC(C)(C)N1CCSCC1.CN1CCN(C(C)(C)C)CC1(C)C.CN1CCN(C(C)(C)C)CC1=O. The van der Waals surface area contributed by atoms with Gasteiger partial charge < -0.3 is 10.2 Å². The second-order valence-electron chi connectivity index (χ2n) is 26.2. The first-order valence-corrected chi connectivity index (χ1v) is 28.6. The van der Waals surface area contributed by atoms with E-state index in [0.717, 1.165) is 50.8 Å². The lowest BCUT2D eigenvalue weighted by atomic mass is 9.95. The van der Waals surface area contributed by atoms with E-state index in [1.807, 2.05) is 7.05 Å². The van der Waals surface area contributed by atoms with Crippen molar-refractivity contribution in [3.63, 3.8) is 0 Å². The Hall–Kier alpha value is -0.840. The fourth-order valence-electron chi connectivity index (χ4n) is 8.46. The number of rotatable bonds is 0. The number of hydrogen-bond donors (Lipinski definition) is 1. The third kappa shape index (κ3) is 25.9. The van der Waals surface area contributed by atoms with E-state index in [9.17, 15) is 13.8 Å². The molecule has 1 N–H and O–H groups in total. The predicted molar refractivity (Wildman–Crippen MR) is 294 cm³/mol. The van der Waals surface area contributed by atoms with Crippen molar-refractivity contribution in [3.8, 4) is 0 Å². The lowest BCUT2D eigenvalue weighted by Gasteiger charge is -2.50. The Kier molecular flexibility index (Phi) is 26.7. The van der Waals surface area contributed by atoms with Crippen LogP contribution in [0.15, 0.2) is 0 Å². The lowest BCUT2D eigenvalue weighted by Crippen LogP contribution is -2.61. The van der Waals surface area contributed by atoms with Crippen LogP contribution in [-0.4, -0.2) is 229 Å². The third-order valence-electron chi connectivity index (χ3n) is 14.0. The molecule has 6 aliphatic rings. The highest BCUT2D eigenvalue weighted by Gasteiger charge is 2.35. The van der Waals surface area contributed by atoms with E-state index in [2.05, 4.69) is 197 Å². The van der Waals surface area contributed by atoms with Crippen LogP contribution >= 0.6 is 11.8 Å². The quantitative estimate of drug-likeness (QED) is 0.262. The number of piperidine rings is 1. The third-order valence-corrected chi connectivity index (χ3v) is 16.3. The van der Waals surface area contributed by atoms with E-state index in [-0.39, 0.29) is 28.4 Å². The molecule has 0 aliphatic carbocycles. The highest BCUT2D eigenvalue weighted by atomic mass is 32.2. The zero-order valence-electron chi connectivity index (χ0n) is 48.2. The Morgan fingerprint density at radius 1 is 0.478 bits per heavy atom. The average molecular weight is 987 g/mol. The molecule has 14 heteroatoms. The molecule has 0 atom stereocenters. The lowest BCUT2D eigenvalue weighted by molar-refractivity contribution is -0.136. The molecular weight excluding hydrogens is 875 g/mol. The van der Waals surface area contributed by atoms with Gasteiger partial charge in [-0.15, -0.1) is 0 Å². The van der Waals surface area contributed by atoms with Gasteiger partial charge >= 0.3 is 0 Å². The predicted octanol–water partition coefficient (Wildman–Crippen LogP) is 7.54. The smallest absolute Gasteiger partial charge is 0.236 e. The van der Waals surface area contributed by atoms with E-state index < -0.39 is 10.8 Å². The first kappa shape index (κ1) is 64.2. The molecule has 2 amide bonds. The molecule has 6 saturated heterocycles. The number of nitrogens with one attached hydrogen (secondary N) is 1. The number of amides is 2. The van der Waals surface area contributed by atoms with Gasteiger partial charge in [-0.2, -0.15) is 11.8 Å². The van der Waals surface area contributed by atoms with Crippen LogP contribution in [0.2, 0.25) is 0 Å². The topological polar surface area (TPSA) is 89.2 Å². The Bertz CT molecular complexity index is 1400. The van der Waals surface area contributed by atoms with Crippen molar-refractivity contribution in [1.29, 1.82) is 0 Å². The maximum atomic E-state index is 11.3. The van der Waals surface area contributed by atoms with Gasteiger partial charge in [-0.25, -0.2) is 0 Å². The zero-order chi connectivity index (χ0) is 51.8. The number of carbonyl (C=O) groups excluding carboxylic acids is 2. The van der Waals surface area contributed by atoms with Gasteiger partial charge in [0.25, 0.3) is 0 Å². The molecule has 0 aromatic heterocycles. The molecule has 6 fully saturated rings. The molecular formula is C53H111N9O3S2. The summed E-state index contributed by atoms with van der Waals surface area (Å²) in [7, 11) is 3.55. The molecule has 0 radical (unpaired) electrons. The summed E-state index contributed by atoms with van der Waals surface area (Å²) < 4.78 is 11.0. The first-order chi connectivity index (χ1) is 30.4.